The largest absolute Gasteiger partial charge is 0.489 e. The molecule has 2 atom stereocenters. The zero-order valence-corrected chi connectivity index (χ0v) is 26.2. The lowest BCUT2D eigenvalue weighted by Crippen LogP contribution is -2.50. The summed E-state index contributed by atoms with van der Waals surface area (Å²) in [5.74, 6) is 0.790. The Kier molecular flexibility index (Phi) is 7.75. The second kappa shape index (κ2) is 11.6. The molecule has 3 aliphatic rings. The molecule has 4 aromatic rings. The number of carboxylic acid groups (broad SMARTS) is 1. The number of thiazole rings is 1. The van der Waals surface area contributed by atoms with Crippen molar-refractivity contribution in [2.75, 3.05) is 31.1 Å². The van der Waals surface area contributed by atoms with Gasteiger partial charge in [-0.15, -0.1) is 0 Å². The van der Waals surface area contributed by atoms with Crippen LogP contribution in [0.1, 0.15) is 60.7 Å². The molecule has 7 rings (SSSR count). The molecule has 2 aromatic carbocycles. The van der Waals surface area contributed by atoms with E-state index >= 15 is 0 Å². The normalized spacial score (nSPS) is 20.7. The maximum atomic E-state index is 11.7. The van der Waals surface area contributed by atoms with Gasteiger partial charge in [0.2, 0.25) is 0 Å². The maximum absolute atomic E-state index is 11.7. The number of aromatic nitrogens is 2. The highest BCUT2D eigenvalue weighted by atomic mass is 35.5. The lowest BCUT2D eigenvalue weighted by atomic mass is 10.0. The Hall–Kier alpha value is -2.89. The molecule has 2 aliphatic heterocycles. The van der Waals surface area contributed by atoms with E-state index < -0.39 is 5.97 Å². The number of piperazine rings is 1. The predicted molar refractivity (Wildman–Crippen MR) is 167 cm³/mol. The van der Waals surface area contributed by atoms with Crippen LogP contribution in [0.25, 0.3) is 21.5 Å². The highest BCUT2D eigenvalue weighted by Crippen LogP contribution is 2.46. The number of hydrogen-bond acceptors (Lipinski definition) is 9. The predicted octanol–water partition coefficient (Wildman–Crippen LogP) is 7.10. The third kappa shape index (κ3) is 5.71. The van der Waals surface area contributed by atoms with Gasteiger partial charge in [0.25, 0.3) is 0 Å². The molecular weight excluding hydrogens is 611 g/mol. The third-order valence-electron chi connectivity index (χ3n) is 8.34. The Morgan fingerprint density at radius 1 is 1.19 bits per heavy atom. The quantitative estimate of drug-likeness (QED) is 0.205. The summed E-state index contributed by atoms with van der Waals surface area (Å²) in [7, 11) is 0. The molecule has 43 heavy (non-hydrogen) atoms. The minimum atomic E-state index is -0.978. The summed E-state index contributed by atoms with van der Waals surface area (Å²) in [5, 5.41) is 16.0. The van der Waals surface area contributed by atoms with E-state index in [-0.39, 0.29) is 17.8 Å². The van der Waals surface area contributed by atoms with Gasteiger partial charge in [0.05, 0.1) is 39.1 Å². The molecule has 0 bridgehead atoms. The zero-order chi connectivity index (χ0) is 29.8. The first kappa shape index (κ1) is 28.9. The highest BCUT2D eigenvalue weighted by molar-refractivity contribution is 7.22. The summed E-state index contributed by atoms with van der Waals surface area (Å²) in [6.45, 7) is 7.66. The number of aromatic carboxylic acids is 1. The van der Waals surface area contributed by atoms with E-state index in [1.165, 1.54) is 11.3 Å². The minimum absolute atomic E-state index is 0.0704. The molecule has 0 spiro atoms. The van der Waals surface area contributed by atoms with Gasteiger partial charge in [-0.05, 0) is 57.4 Å². The number of ether oxygens (including phenoxy) is 2. The number of fused-ring (bicyclic) bond motifs is 2. The average molecular weight is 644 g/mol. The van der Waals surface area contributed by atoms with Crippen molar-refractivity contribution < 1.29 is 23.9 Å². The molecular formula is C31H32Cl2N4O5S. The van der Waals surface area contributed by atoms with Crippen LogP contribution >= 0.6 is 34.5 Å². The summed E-state index contributed by atoms with van der Waals surface area (Å²) in [6, 6.07) is 9.04. The Morgan fingerprint density at radius 2 is 1.98 bits per heavy atom. The van der Waals surface area contributed by atoms with Gasteiger partial charge in [0.15, 0.2) is 5.13 Å². The molecule has 2 aromatic heterocycles. The van der Waals surface area contributed by atoms with Crippen LogP contribution in [0.2, 0.25) is 10.0 Å². The highest BCUT2D eigenvalue weighted by Gasteiger charge is 2.39. The number of nitrogens with zero attached hydrogens (tertiary/aromatic N) is 4. The molecule has 3 fully saturated rings. The average Bonchev–Trinajstić information content (AvgIpc) is 3.38. The van der Waals surface area contributed by atoms with Crippen molar-refractivity contribution in [3.63, 3.8) is 0 Å². The third-order valence-corrected chi connectivity index (χ3v) is 10.0. The number of anilines is 1. The number of halogens is 2. The van der Waals surface area contributed by atoms with Gasteiger partial charge in [-0.3, -0.25) is 4.90 Å². The fourth-order valence-electron chi connectivity index (χ4n) is 6.13. The van der Waals surface area contributed by atoms with Crippen LogP contribution < -0.4 is 9.64 Å². The molecule has 0 unspecified atom stereocenters. The van der Waals surface area contributed by atoms with E-state index in [9.17, 15) is 9.90 Å². The second-order valence-electron chi connectivity index (χ2n) is 11.8. The van der Waals surface area contributed by atoms with Crippen molar-refractivity contribution >= 4 is 55.9 Å². The van der Waals surface area contributed by atoms with Crippen LogP contribution in [0.4, 0.5) is 5.13 Å². The van der Waals surface area contributed by atoms with Crippen molar-refractivity contribution in [1.82, 2.24) is 15.0 Å². The molecule has 2 saturated heterocycles. The van der Waals surface area contributed by atoms with Crippen LogP contribution in [0, 0.1) is 0 Å². The monoisotopic (exact) mass is 642 g/mol. The first-order chi connectivity index (χ1) is 20.7. The fourth-order valence-corrected chi connectivity index (χ4v) is 7.76. The maximum Gasteiger partial charge on any atom is 0.335 e. The van der Waals surface area contributed by atoms with E-state index in [1.807, 2.05) is 32.0 Å². The molecule has 4 heterocycles. The van der Waals surface area contributed by atoms with E-state index in [2.05, 4.69) is 15.0 Å². The van der Waals surface area contributed by atoms with Crippen molar-refractivity contribution in [3.8, 4) is 17.0 Å². The molecule has 1 aliphatic carbocycles. The van der Waals surface area contributed by atoms with E-state index in [1.54, 1.807) is 12.1 Å². The summed E-state index contributed by atoms with van der Waals surface area (Å²) < 4.78 is 19.1. The van der Waals surface area contributed by atoms with Gasteiger partial charge in [-0.2, -0.15) is 0 Å². The van der Waals surface area contributed by atoms with Crippen LogP contribution in [0.5, 0.6) is 5.75 Å². The molecule has 1 saturated carbocycles. The van der Waals surface area contributed by atoms with Crippen molar-refractivity contribution in [2.24, 2.45) is 0 Å². The fraction of sp³-hybridized carbons (Fsp3) is 0.452. The SMILES string of the molecule is CC(C)Oc1cc(C(=O)O)cc2sc(N3CCN4C[C@@H](OCc5c(-c6c(Cl)cccc6Cl)noc5C5CC5)C[C@H]4C3)nc12. The van der Waals surface area contributed by atoms with Gasteiger partial charge in [-0.1, -0.05) is 45.8 Å². The molecule has 0 amide bonds. The van der Waals surface area contributed by atoms with Crippen molar-refractivity contribution in [3.05, 3.63) is 57.3 Å². The molecule has 226 valence electrons. The van der Waals surface area contributed by atoms with E-state index in [0.29, 0.717) is 51.1 Å². The summed E-state index contributed by atoms with van der Waals surface area (Å²) >= 11 is 14.6. The smallest absolute Gasteiger partial charge is 0.335 e. The number of hydrogen-bond donors (Lipinski definition) is 1. The van der Waals surface area contributed by atoms with E-state index in [4.69, 9.17) is 42.2 Å². The van der Waals surface area contributed by atoms with E-state index in [0.717, 1.165) is 66.6 Å². The lowest BCUT2D eigenvalue weighted by Gasteiger charge is -2.37. The van der Waals surface area contributed by atoms with Crippen molar-refractivity contribution in [1.29, 1.82) is 0 Å². The van der Waals surface area contributed by atoms with Crippen LogP contribution in [-0.2, 0) is 11.3 Å². The minimum Gasteiger partial charge on any atom is -0.489 e. The summed E-state index contributed by atoms with van der Waals surface area (Å²) in [5.41, 5.74) is 3.22. The number of carboxylic acids is 1. The van der Waals surface area contributed by atoms with Gasteiger partial charge < -0.3 is 24.0 Å². The lowest BCUT2D eigenvalue weighted by molar-refractivity contribution is 0.0463. The molecule has 12 heteroatoms. The number of carbonyl (C=O) groups is 1. The zero-order valence-electron chi connectivity index (χ0n) is 23.9. The van der Waals surface area contributed by atoms with Gasteiger partial charge in [-0.25, -0.2) is 9.78 Å². The first-order valence-electron chi connectivity index (χ1n) is 14.6. The van der Waals surface area contributed by atoms with Crippen molar-refractivity contribution in [2.45, 2.75) is 63.9 Å². The van der Waals surface area contributed by atoms with Gasteiger partial charge in [0.1, 0.15) is 22.7 Å². The van der Waals surface area contributed by atoms with Crippen LogP contribution in [-0.4, -0.2) is 70.5 Å². The molecule has 9 nitrogen and oxygen atoms in total. The number of benzene rings is 2. The first-order valence-corrected chi connectivity index (χ1v) is 16.2. The van der Waals surface area contributed by atoms with Gasteiger partial charge in [0, 0.05) is 49.3 Å². The Bertz CT molecular complexity index is 1670. The Morgan fingerprint density at radius 3 is 2.70 bits per heavy atom. The summed E-state index contributed by atoms with van der Waals surface area (Å²) in [4.78, 5) is 21.4. The van der Waals surface area contributed by atoms with Crippen LogP contribution in [0.15, 0.2) is 34.9 Å². The topological polar surface area (TPSA) is 101 Å². The standard InChI is InChI=1S/C31H32Cl2N4O5S/c1-16(2)41-24-10-18(30(38)39)11-25-28(24)34-31(43-25)37-9-8-36-14-20(12-19(36)13-37)40-15-21-27(35-42-29(21)17-6-7-17)26-22(32)4-3-5-23(26)33/h3-5,10-11,16-17,19-20H,6-9,12-15H2,1-2H3,(H,38,39)/t19-,20-/m0/s1. The van der Waals surface area contributed by atoms with Crippen LogP contribution in [0.3, 0.4) is 0 Å². The van der Waals surface area contributed by atoms with Gasteiger partial charge >= 0.3 is 5.97 Å². The molecule has 1 N–H and O–H groups in total. The molecule has 0 radical (unpaired) electrons. The Labute approximate surface area is 263 Å². The number of rotatable bonds is 9. The summed E-state index contributed by atoms with van der Waals surface area (Å²) in [6.07, 6.45) is 3.05. The second-order valence-corrected chi connectivity index (χ2v) is 13.6. The Balaban J connectivity index is 1.06.